The van der Waals surface area contributed by atoms with Crippen LogP contribution >= 0.6 is 0 Å². The van der Waals surface area contributed by atoms with Crippen LogP contribution in [0.4, 0.5) is 22.0 Å². The van der Waals surface area contributed by atoms with Crippen LogP contribution in [0, 0.1) is 25.5 Å². The number of hydrogen-bond donors (Lipinski definition) is 0. The van der Waals surface area contributed by atoms with E-state index < -0.39 is 28.9 Å². The first-order valence-electron chi connectivity index (χ1n) is 11.8. The van der Waals surface area contributed by atoms with Gasteiger partial charge < -0.3 is 9.30 Å². The summed E-state index contributed by atoms with van der Waals surface area (Å²) in [6, 6.07) is 4.45. The molecule has 7 nitrogen and oxygen atoms in total. The highest BCUT2D eigenvalue weighted by Gasteiger charge is 2.37. The van der Waals surface area contributed by atoms with E-state index in [2.05, 4.69) is 19.9 Å². The lowest BCUT2D eigenvalue weighted by molar-refractivity contribution is -0.140. The topological polar surface area (TPSA) is 82.8 Å². The van der Waals surface area contributed by atoms with Gasteiger partial charge >= 0.3 is 6.18 Å². The highest BCUT2D eigenvalue weighted by molar-refractivity contribution is 5.87. The maximum Gasteiger partial charge on any atom is 0.419 e. The van der Waals surface area contributed by atoms with E-state index in [4.69, 9.17) is 4.74 Å². The molecule has 1 aromatic carbocycles. The summed E-state index contributed by atoms with van der Waals surface area (Å²) in [6.45, 7) is 3.72. The number of pyridine rings is 1. The highest BCUT2D eigenvalue weighted by atomic mass is 19.4. The molecule has 0 saturated carbocycles. The van der Waals surface area contributed by atoms with E-state index in [1.807, 2.05) is 0 Å². The van der Waals surface area contributed by atoms with Crippen molar-refractivity contribution in [1.82, 2.24) is 24.5 Å². The second-order valence-corrected chi connectivity index (χ2v) is 9.28. The Morgan fingerprint density at radius 2 is 1.71 bits per heavy atom. The fourth-order valence-corrected chi connectivity index (χ4v) is 4.52. The lowest BCUT2D eigenvalue weighted by atomic mass is 9.91. The largest absolute Gasteiger partial charge is 0.419 e. The van der Waals surface area contributed by atoms with E-state index in [0.29, 0.717) is 36.9 Å². The van der Waals surface area contributed by atoms with Crippen LogP contribution in [0.5, 0.6) is 0 Å². The van der Waals surface area contributed by atoms with Crippen molar-refractivity contribution in [2.24, 2.45) is 7.05 Å². The molecule has 0 N–H and O–H groups in total. The molecule has 0 spiro atoms. The number of halogens is 5. The molecule has 2 unspecified atom stereocenters. The minimum absolute atomic E-state index is 0.0524. The smallest absolute Gasteiger partial charge is 0.373 e. The Labute approximate surface area is 213 Å². The van der Waals surface area contributed by atoms with Gasteiger partial charge in [-0.25, -0.2) is 28.7 Å². The molecule has 2 atom stereocenters. The van der Waals surface area contributed by atoms with Gasteiger partial charge in [-0.05, 0) is 50.5 Å². The summed E-state index contributed by atoms with van der Waals surface area (Å²) in [5, 5.41) is 0. The third kappa shape index (κ3) is 4.64. The predicted octanol–water partition coefficient (Wildman–Crippen LogP) is 5.33. The molecule has 3 aromatic heterocycles. The summed E-state index contributed by atoms with van der Waals surface area (Å²) in [6.07, 6.45) is -2.83. The van der Waals surface area contributed by atoms with E-state index in [-0.39, 0.29) is 40.3 Å². The van der Waals surface area contributed by atoms with Crippen molar-refractivity contribution in [3.05, 3.63) is 80.8 Å². The van der Waals surface area contributed by atoms with Crippen molar-refractivity contribution in [2.75, 3.05) is 6.61 Å². The van der Waals surface area contributed by atoms with Crippen LogP contribution in [0.3, 0.4) is 0 Å². The predicted molar refractivity (Wildman–Crippen MR) is 127 cm³/mol. The molecule has 0 amide bonds. The summed E-state index contributed by atoms with van der Waals surface area (Å²) in [4.78, 5) is 29.7. The maximum absolute atomic E-state index is 15.1. The van der Waals surface area contributed by atoms with Gasteiger partial charge in [0.05, 0.1) is 23.1 Å². The molecule has 0 radical (unpaired) electrons. The summed E-state index contributed by atoms with van der Waals surface area (Å²) >= 11 is 0. The average molecular weight is 531 g/mol. The average Bonchev–Trinajstić information content (AvgIpc) is 2.87. The first kappa shape index (κ1) is 25.8. The highest BCUT2D eigenvalue weighted by Crippen LogP contribution is 2.39. The number of benzene rings is 1. The monoisotopic (exact) mass is 531 g/mol. The van der Waals surface area contributed by atoms with Gasteiger partial charge in [0.15, 0.2) is 17.3 Å². The van der Waals surface area contributed by atoms with E-state index in [1.165, 1.54) is 10.6 Å². The molecular weight excluding hydrogens is 509 g/mol. The molecule has 198 valence electrons. The van der Waals surface area contributed by atoms with Crippen LogP contribution < -0.4 is 5.56 Å². The molecule has 0 aliphatic carbocycles. The zero-order valence-corrected chi connectivity index (χ0v) is 20.6. The quantitative estimate of drug-likeness (QED) is 0.332. The Balaban J connectivity index is 1.64. The van der Waals surface area contributed by atoms with Gasteiger partial charge in [0.25, 0.3) is 0 Å². The van der Waals surface area contributed by atoms with Gasteiger partial charge in [-0.2, -0.15) is 13.2 Å². The number of hydrogen-bond acceptors (Lipinski definition) is 6. The molecule has 1 fully saturated rings. The number of ether oxygens (including phenoxy) is 1. The first-order valence-corrected chi connectivity index (χ1v) is 11.8. The molecule has 5 rings (SSSR count). The van der Waals surface area contributed by atoms with Crippen LogP contribution in [0.1, 0.15) is 53.2 Å². The van der Waals surface area contributed by atoms with Crippen LogP contribution in [0.25, 0.3) is 22.4 Å². The zero-order valence-electron chi connectivity index (χ0n) is 20.6. The number of aryl methyl sites for hydroxylation is 3. The third-order valence-electron chi connectivity index (χ3n) is 6.73. The second-order valence-electron chi connectivity index (χ2n) is 9.28. The Bertz CT molecular complexity index is 1620. The molecule has 1 saturated heterocycles. The number of aromatic nitrogens is 5. The second kappa shape index (κ2) is 9.50. The van der Waals surface area contributed by atoms with Crippen LogP contribution in [0.15, 0.2) is 35.3 Å². The van der Waals surface area contributed by atoms with Crippen LogP contribution in [-0.4, -0.2) is 31.1 Å². The number of rotatable bonds is 3. The number of fused-ring (bicyclic) bond motifs is 1. The summed E-state index contributed by atoms with van der Waals surface area (Å²) in [7, 11) is 1.63. The summed E-state index contributed by atoms with van der Waals surface area (Å²) in [5.74, 6) is -3.72. The zero-order chi connectivity index (χ0) is 27.4. The fraction of sp³-hybridized carbons (Fsp3) is 0.346. The van der Waals surface area contributed by atoms with Gasteiger partial charge in [-0.1, -0.05) is 0 Å². The minimum Gasteiger partial charge on any atom is -0.373 e. The summed E-state index contributed by atoms with van der Waals surface area (Å²) in [5.41, 5.74) is -0.488. The van der Waals surface area contributed by atoms with Gasteiger partial charge in [0, 0.05) is 37.4 Å². The van der Waals surface area contributed by atoms with Gasteiger partial charge in [-0.3, -0.25) is 4.79 Å². The van der Waals surface area contributed by atoms with E-state index in [1.54, 1.807) is 33.2 Å². The van der Waals surface area contributed by atoms with Crippen molar-refractivity contribution >= 4 is 11.2 Å². The van der Waals surface area contributed by atoms with E-state index in [9.17, 15) is 22.4 Å². The SMILES string of the molecule is Cc1nc2nc(C3CCOC(c4ccc(=O)n(C)c4)C3)nc(-c3ccc(C(F)(F)F)c(F)c3F)c2nc1C. The van der Waals surface area contributed by atoms with Crippen LogP contribution in [-0.2, 0) is 18.0 Å². The lowest BCUT2D eigenvalue weighted by Gasteiger charge is -2.29. The van der Waals surface area contributed by atoms with E-state index in [0.717, 1.165) is 11.6 Å². The Kier molecular flexibility index (Phi) is 6.46. The normalized spacial score (nSPS) is 18.2. The molecule has 4 aromatic rings. The summed E-state index contributed by atoms with van der Waals surface area (Å²) < 4.78 is 76.4. The molecule has 38 heavy (non-hydrogen) atoms. The first-order chi connectivity index (χ1) is 17.9. The Hall–Kier alpha value is -3.80. The molecule has 1 aliphatic heterocycles. The molecule has 1 aliphatic rings. The fourth-order valence-electron chi connectivity index (χ4n) is 4.52. The van der Waals surface area contributed by atoms with E-state index >= 15 is 4.39 Å². The van der Waals surface area contributed by atoms with Crippen LogP contribution in [0.2, 0.25) is 0 Å². The molecule has 4 heterocycles. The minimum atomic E-state index is -5.06. The lowest BCUT2D eigenvalue weighted by Crippen LogP contribution is -2.23. The number of nitrogens with zero attached hydrogens (tertiary/aromatic N) is 5. The molecule has 0 bridgehead atoms. The van der Waals surface area contributed by atoms with Crippen molar-refractivity contribution in [1.29, 1.82) is 0 Å². The van der Waals surface area contributed by atoms with Gasteiger partial charge in [-0.15, -0.1) is 0 Å². The third-order valence-corrected chi connectivity index (χ3v) is 6.73. The van der Waals surface area contributed by atoms with Crippen molar-refractivity contribution in [3.63, 3.8) is 0 Å². The van der Waals surface area contributed by atoms with Crippen molar-refractivity contribution < 1.29 is 26.7 Å². The van der Waals surface area contributed by atoms with Gasteiger partial charge in [0.1, 0.15) is 17.0 Å². The van der Waals surface area contributed by atoms with Crippen molar-refractivity contribution in [2.45, 2.75) is 44.9 Å². The van der Waals surface area contributed by atoms with Gasteiger partial charge in [0.2, 0.25) is 5.56 Å². The standard InChI is InChI=1S/C26H22F5N5O2/c1-12-13(2)33-25-23(32-12)22(16-5-6-17(26(29,30)31)21(28)20(16)27)34-24(35-25)14-8-9-38-18(10-14)15-4-7-19(37)36(3)11-15/h4-7,11,14,18H,8-10H2,1-3H3. The molecule has 12 heteroatoms. The maximum atomic E-state index is 15.1. The Morgan fingerprint density at radius 3 is 2.42 bits per heavy atom. The Morgan fingerprint density at radius 1 is 0.974 bits per heavy atom. The van der Waals surface area contributed by atoms with Crippen molar-refractivity contribution in [3.8, 4) is 11.3 Å². The molecular formula is C26H22F5N5O2. The number of alkyl halides is 3.